The first-order chi connectivity index (χ1) is 31.5. The molecule has 5 nitrogen and oxygen atoms in total. The third kappa shape index (κ3) is 6.40. The molecule has 0 unspecified atom stereocenters. The van der Waals surface area contributed by atoms with Crippen LogP contribution in [0.15, 0.2) is 182 Å². The molecule has 65 heavy (non-hydrogen) atoms. The summed E-state index contributed by atoms with van der Waals surface area (Å²) < 4.78 is 9.39. The van der Waals surface area contributed by atoms with Gasteiger partial charge in [-0.05, 0) is 110 Å². The molecule has 0 spiro atoms. The van der Waals surface area contributed by atoms with Crippen LogP contribution in [0.25, 0.3) is 70.8 Å². The Bertz CT molecular complexity index is 3700. The third-order valence-corrected chi connectivity index (χ3v) is 13.5. The van der Waals surface area contributed by atoms with Crippen molar-refractivity contribution in [2.75, 3.05) is 16.5 Å². The van der Waals surface area contributed by atoms with Crippen LogP contribution in [0.2, 0.25) is 0 Å². The Morgan fingerprint density at radius 1 is 0.431 bits per heavy atom. The number of aromatic nitrogens is 2. The monoisotopic (exact) mass is 842 g/mol. The van der Waals surface area contributed by atoms with Gasteiger partial charge >= 0.3 is 0 Å². The lowest BCUT2D eigenvalue weighted by molar-refractivity contribution is 0.479. The quantitative estimate of drug-likeness (QED) is 0.162. The molecular formula is C60H50N4O. The molecule has 0 bridgehead atoms. The molecule has 0 saturated carbocycles. The molecule has 0 atom stereocenters. The van der Waals surface area contributed by atoms with Crippen molar-refractivity contribution >= 4 is 87.8 Å². The predicted octanol–water partition coefficient (Wildman–Crippen LogP) is 16.4. The van der Waals surface area contributed by atoms with Gasteiger partial charge < -0.3 is 14.5 Å². The van der Waals surface area contributed by atoms with Crippen LogP contribution in [0, 0.1) is 0 Å². The average Bonchev–Trinajstić information content (AvgIpc) is 3.86. The second-order valence-electron chi connectivity index (χ2n) is 19.7. The van der Waals surface area contributed by atoms with Crippen molar-refractivity contribution in [2.45, 2.75) is 52.4 Å². The largest absolute Gasteiger partial charge is 0.457 e. The summed E-state index contributed by atoms with van der Waals surface area (Å²) in [4.78, 5) is 10.4. The number of nitrogens with zero attached hydrogens (tertiary/aromatic N) is 4. The number of hydrogen-bond donors (Lipinski definition) is 0. The van der Waals surface area contributed by atoms with Crippen LogP contribution in [0.3, 0.4) is 0 Å². The second kappa shape index (κ2) is 14.4. The SMILES string of the molecule is CC(C)(C)c1ccc(N2CN(c3cc(Oc4ccc5c6ccccc6n(-c6nc7ccc8ccccc8c7c7c6ccc6ccccc67)c5c4)cc(C(C)(C)C)c3)c3ccccc32)cc1. The highest BCUT2D eigenvalue weighted by Gasteiger charge is 2.30. The molecule has 0 saturated heterocycles. The average molecular weight is 843 g/mol. The lowest BCUT2D eigenvalue weighted by Gasteiger charge is -2.26. The first kappa shape index (κ1) is 39.0. The third-order valence-electron chi connectivity index (χ3n) is 13.5. The molecule has 0 aliphatic carbocycles. The summed E-state index contributed by atoms with van der Waals surface area (Å²) in [5.41, 5.74) is 10.2. The first-order valence-electron chi connectivity index (χ1n) is 22.7. The number of anilines is 4. The van der Waals surface area contributed by atoms with Crippen molar-refractivity contribution in [2.24, 2.45) is 0 Å². The van der Waals surface area contributed by atoms with Crippen LogP contribution in [0.5, 0.6) is 11.5 Å². The smallest absolute Gasteiger partial charge is 0.146 e. The number of pyridine rings is 1. The van der Waals surface area contributed by atoms with Crippen molar-refractivity contribution < 1.29 is 4.74 Å². The Labute approximate surface area is 379 Å². The van der Waals surface area contributed by atoms with Crippen molar-refractivity contribution in [3.63, 3.8) is 0 Å². The fraction of sp³-hybridized carbons (Fsp3) is 0.150. The molecular weight excluding hydrogens is 793 g/mol. The molecule has 5 heteroatoms. The van der Waals surface area contributed by atoms with Crippen LogP contribution < -0.4 is 14.5 Å². The zero-order valence-corrected chi connectivity index (χ0v) is 37.7. The van der Waals surface area contributed by atoms with Crippen LogP contribution >= 0.6 is 0 Å². The van der Waals surface area contributed by atoms with Gasteiger partial charge in [0, 0.05) is 50.4 Å². The molecule has 2 aromatic heterocycles. The van der Waals surface area contributed by atoms with Crippen molar-refractivity contribution in [1.29, 1.82) is 0 Å². The van der Waals surface area contributed by atoms with E-state index in [1.807, 2.05) is 0 Å². The normalized spacial score (nSPS) is 13.3. The molecule has 316 valence electrons. The van der Waals surface area contributed by atoms with E-state index in [-0.39, 0.29) is 10.8 Å². The number of rotatable bonds is 5. The molecule has 0 radical (unpaired) electrons. The zero-order valence-electron chi connectivity index (χ0n) is 37.7. The van der Waals surface area contributed by atoms with Crippen LogP contribution in [0.1, 0.15) is 52.7 Å². The minimum absolute atomic E-state index is 0.0884. The highest BCUT2D eigenvalue weighted by Crippen LogP contribution is 2.47. The first-order valence-corrected chi connectivity index (χ1v) is 22.7. The summed E-state index contributed by atoms with van der Waals surface area (Å²) in [6.07, 6.45) is 0. The van der Waals surface area contributed by atoms with Gasteiger partial charge in [-0.15, -0.1) is 0 Å². The Kier molecular flexibility index (Phi) is 8.67. The molecule has 1 aliphatic rings. The highest BCUT2D eigenvalue weighted by molar-refractivity contribution is 6.28. The number of ether oxygens (including phenoxy) is 1. The molecule has 12 rings (SSSR count). The van der Waals surface area contributed by atoms with Gasteiger partial charge in [-0.25, -0.2) is 4.98 Å². The van der Waals surface area contributed by atoms with Gasteiger partial charge in [-0.3, -0.25) is 4.57 Å². The van der Waals surface area contributed by atoms with Gasteiger partial charge in [0.15, 0.2) is 0 Å². The minimum Gasteiger partial charge on any atom is -0.457 e. The van der Waals surface area contributed by atoms with Gasteiger partial charge in [0.25, 0.3) is 0 Å². The van der Waals surface area contributed by atoms with Gasteiger partial charge in [-0.1, -0.05) is 145 Å². The Morgan fingerprint density at radius 3 is 1.72 bits per heavy atom. The van der Waals surface area contributed by atoms with Crippen LogP contribution in [-0.2, 0) is 10.8 Å². The number of benzene rings is 9. The van der Waals surface area contributed by atoms with E-state index < -0.39 is 0 Å². The van der Waals surface area contributed by atoms with E-state index in [1.165, 1.54) is 65.9 Å². The van der Waals surface area contributed by atoms with Crippen molar-refractivity contribution in [3.05, 3.63) is 193 Å². The standard InChI is InChI=1S/C60H50N4O/c1-59(2,3)40-25-27-42(28-26-40)62-37-63(54-22-14-13-21-53(54)62)43-33-41(60(4,5)6)34-45(35-43)65-44-29-31-49-48-19-11-12-20-52(48)64(55(49)36-44)58-50-30-23-38-15-7-9-17-46(38)56(50)57-47-18-10-8-16-39(47)24-32-51(57)61-58/h7-36H,37H2,1-6H3. The Morgan fingerprint density at radius 2 is 1.02 bits per heavy atom. The Hall–Kier alpha value is -7.63. The highest BCUT2D eigenvalue weighted by atomic mass is 16.5. The summed E-state index contributed by atoms with van der Waals surface area (Å²) >= 11 is 0. The molecule has 11 aromatic rings. The molecule has 0 fully saturated rings. The van der Waals surface area contributed by atoms with Gasteiger partial charge in [0.05, 0.1) is 27.9 Å². The van der Waals surface area contributed by atoms with Gasteiger partial charge in [0.1, 0.15) is 24.0 Å². The zero-order chi connectivity index (χ0) is 44.2. The van der Waals surface area contributed by atoms with E-state index in [9.17, 15) is 0 Å². The maximum atomic E-state index is 7.04. The van der Waals surface area contributed by atoms with Crippen LogP contribution in [0.4, 0.5) is 22.7 Å². The maximum absolute atomic E-state index is 7.04. The topological polar surface area (TPSA) is 33.5 Å². The molecule has 0 N–H and O–H groups in total. The molecule has 3 heterocycles. The maximum Gasteiger partial charge on any atom is 0.146 e. The van der Waals surface area contributed by atoms with E-state index in [0.717, 1.165) is 50.3 Å². The fourth-order valence-corrected chi connectivity index (χ4v) is 10.1. The number of para-hydroxylation sites is 3. The number of fused-ring (bicyclic) bond motifs is 11. The summed E-state index contributed by atoms with van der Waals surface area (Å²) in [6, 6.07) is 66.0. The lowest BCUT2D eigenvalue weighted by Crippen LogP contribution is -2.24. The molecule has 9 aromatic carbocycles. The summed E-state index contributed by atoms with van der Waals surface area (Å²) in [5, 5.41) is 10.7. The van der Waals surface area contributed by atoms with Crippen molar-refractivity contribution in [3.8, 4) is 17.3 Å². The van der Waals surface area contributed by atoms with E-state index in [0.29, 0.717) is 6.67 Å². The van der Waals surface area contributed by atoms with E-state index >= 15 is 0 Å². The molecule has 1 aliphatic heterocycles. The van der Waals surface area contributed by atoms with E-state index in [4.69, 9.17) is 9.72 Å². The van der Waals surface area contributed by atoms with Gasteiger partial charge in [-0.2, -0.15) is 0 Å². The summed E-state index contributed by atoms with van der Waals surface area (Å²) in [5.74, 6) is 2.47. The summed E-state index contributed by atoms with van der Waals surface area (Å²) in [6.45, 7) is 14.3. The lowest BCUT2D eigenvalue weighted by atomic mass is 9.86. The van der Waals surface area contributed by atoms with Crippen LogP contribution in [-0.4, -0.2) is 16.2 Å². The Balaban J connectivity index is 1.01. The minimum atomic E-state index is -0.121. The fourth-order valence-electron chi connectivity index (χ4n) is 10.1. The van der Waals surface area contributed by atoms with E-state index in [1.54, 1.807) is 0 Å². The van der Waals surface area contributed by atoms with E-state index in [2.05, 4.69) is 238 Å². The number of hydrogen-bond acceptors (Lipinski definition) is 4. The summed E-state index contributed by atoms with van der Waals surface area (Å²) in [7, 11) is 0. The predicted molar refractivity (Wildman–Crippen MR) is 275 cm³/mol. The second-order valence-corrected chi connectivity index (χ2v) is 19.7. The van der Waals surface area contributed by atoms with Gasteiger partial charge in [0.2, 0.25) is 0 Å². The van der Waals surface area contributed by atoms with Crippen molar-refractivity contribution in [1.82, 2.24) is 9.55 Å². The molecule has 0 amide bonds.